The summed E-state index contributed by atoms with van der Waals surface area (Å²) >= 11 is 0. The smallest absolute Gasteiger partial charge is 0.408 e. The third-order valence-corrected chi connectivity index (χ3v) is 2.19. The molecular weight excluding hydrogens is 208 g/mol. The number of nitrogens with one attached hydrogen (secondary N) is 1. The Bertz CT molecular complexity index is 258. The quantitative estimate of drug-likeness (QED) is 0.766. The van der Waals surface area contributed by atoms with Gasteiger partial charge < -0.3 is 15.8 Å². The summed E-state index contributed by atoms with van der Waals surface area (Å²) in [4.78, 5) is 22.6. The van der Waals surface area contributed by atoms with E-state index in [1.54, 1.807) is 20.8 Å². The van der Waals surface area contributed by atoms with E-state index >= 15 is 0 Å². The largest absolute Gasteiger partial charge is 0.444 e. The number of alkyl carbamates (subject to hydrolysis) is 1. The average Bonchev–Trinajstić information content (AvgIpc) is 2.09. The lowest BCUT2D eigenvalue weighted by Gasteiger charge is -2.24. The minimum atomic E-state index is -0.681. The zero-order chi connectivity index (χ0) is 12.9. The highest BCUT2D eigenvalue weighted by Gasteiger charge is 2.26. The predicted molar refractivity (Wildman–Crippen MR) is 61.8 cm³/mol. The predicted octanol–water partition coefficient (Wildman–Crippen LogP) is 1.41. The summed E-state index contributed by atoms with van der Waals surface area (Å²) in [6.45, 7) is 9.06. The molecule has 0 aromatic rings. The number of primary amides is 1. The highest BCUT2D eigenvalue weighted by molar-refractivity contribution is 5.84. The lowest BCUT2D eigenvalue weighted by Crippen LogP contribution is -2.49. The zero-order valence-electron chi connectivity index (χ0n) is 10.7. The first-order valence-electron chi connectivity index (χ1n) is 5.46. The van der Waals surface area contributed by atoms with Crippen molar-refractivity contribution in [2.45, 2.75) is 52.7 Å². The van der Waals surface area contributed by atoms with Crippen LogP contribution in [0, 0.1) is 5.92 Å². The molecule has 16 heavy (non-hydrogen) atoms. The molecule has 1 unspecified atom stereocenters. The van der Waals surface area contributed by atoms with Gasteiger partial charge in [0.2, 0.25) is 5.91 Å². The van der Waals surface area contributed by atoms with Crippen molar-refractivity contribution in [3.05, 3.63) is 0 Å². The summed E-state index contributed by atoms with van der Waals surface area (Å²) in [5.41, 5.74) is 4.63. The molecule has 3 N–H and O–H groups in total. The maximum Gasteiger partial charge on any atom is 0.408 e. The van der Waals surface area contributed by atoms with Gasteiger partial charge in [-0.2, -0.15) is 0 Å². The lowest BCUT2D eigenvalue weighted by molar-refractivity contribution is -0.121. The fraction of sp³-hybridized carbons (Fsp3) is 0.818. The number of hydrogen-bond acceptors (Lipinski definition) is 3. The van der Waals surface area contributed by atoms with Crippen molar-refractivity contribution in [2.24, 2.45) is 11.7 Å². The molecule has 5 nitrogen and oxygen atoms in total. The van der Waals surface area contributed by atoms with Crippen LogP contribution in [0.2, 0.25) is 0 Å². The second-order valence-electron chi connectivity index (χ2n) is 4.91. The second-order valence-corrected chi connectivity index (χ2v) is 4.91. The highest BCUT2D eigenvalue weighted by Crippen LogP contribution is 2.10. The van der Waals surface area contributed by atoms with Gasteiger partial charge in [-0.1, -0.05) is 20.3 Å². The summed E-state index contributed by atoms with van der Waals surface area (Å²) in [7, 11) is 0. The van der Waals surface area contributed by atoms with E-state index in [0.29, 0.717) is 0 Å². The van der Waals surface area contributed by atoms with E-state index in [0.717, 1.165) is 6.42 Å². The molecule has 2 atom stereocenters. The van der Waals surface area contributed by atoms with Crippen LogP contribution in [0.3, 0.4) is 0 Å². The lowest BCUT2D eigenvalue weighted by atomic mass is 9.99. The van der Waals surface area contributed by atoms with Gasteiger partial charge in [0, 0.05) is 0 Å². The Morgan fingerprint density at radius 3 is 2.19 bits per heavy atom. The molecule has 0 fully saturated rings. The highest BCUT2D eigenvalue weighted by atomic mass is 16.6. The molecule has 0 heterocycles. The minimum absolute atomic E-state index is 0.00924. The van der Waals surface area contributed by atoms with E-state index in [4.69, 9.17) is 10.5 Å². The topological polar surface area (TPSA) is 81.4 Å². The molecule has 0 aliphatic carbocycles. The van der Waals surface area contributed by atoms with E-state index in [1.165, 1.54) is 0 Å². The van der Waals surface area contributed by atoms with Gasteiger partial charge in [-0.05, 0) is 26.7 Å². The molecule has 0 aromatic heterocycles. The first-order valence-corrected chi connectivity index (χ1v) is 5.46. The average molecular weight is 230 g/mol. The van der Waals surface area contributed by atoms with Gasteiger partial charge in [-0.3, -0.25) is 4.79 Å². The summed E-state index contributed by atoms with van der Waals surface area (Å²) < 4.78 is 5.06. The maximum atomic E-state index is 11.5. The molecule has 2 amide bonds. The van der Waals surface area contributed by atoms with Crippen LogP contribution in [0.15, 0.2) is 0 Å². The van der Waals surface area contributed by atoms with Crippen LogP contribution in [0.4, 0.5) is 4.79 Å². The normalized spacial score (nSPS) is 15.1. The van der Waals surface area contributed by atoms with Crippen molar-refractivity contribution in [2.75, 3.05) is 0 Å². The first kappa shape index (κ1) is 14.7. The van der Waals surface area contributed by atoms with Gasteiger partial charge in [-0.15, -0.1) is 0 Å². The number of carbonyl (C=O) groups excluding carboxylic acids is 2. The van der Waals surface area contributed by atoms with Crippen LogP contribution >= 0.6 is 0 Å². The van der Waals surface area contributed by atoms with Crippen LogP contribution in [-0.4, -0.2) is 23.6 Å². The van der Waals surface area contributed by atoms with Crippen LogP contribution in [0.5, 0.6) is 0 Å². The molecule has 0 rings (SSSR count). The standard InChI is InChI=1S/C11H22N2O3/c1-6-7(2)8(9(12)14)13-10(15)16-11(3,4)5/h7-8H,6H2,1-5H3,(H2,12,14)(H,13,15)/t7?,8-/m0/s1. The van der Waals surface area contributed by atoms with E-state index in [2.05, 4.69) is 5.32 Å². The molecule has 94 valence electrons. The molecule has 0 radical (unpaired) electrons. The second kappa shape index (κ2) is 5.72. The van der Waals surface area contributed by atoms with Crippen LogP contribution in [-0.2, 0) is 9.53 Å². The number of hydrogen-bond donors (Lipinski definition) is 2. The van der Waals surface area contributed by atoms with Gasteiger partial charge in [0.1, 0.15) is 11.6 Å². The molecule has 0 saturated heterocycles. The third-order valence-electron chi connectivity index (χ3n) is 2.19. The maximum absolute atomic E-state index is 11.5. The van der Waals surface area contributed by atoms with Crippen LogP contribution in [0.25, 0.3) is 0 Å². The number of amides is 2. The monoisotopic (exact) mass is 230 g/mol. The van der Waals surface area contributed by atoms with E-state index < -0.39 is 23.6 Å². The third kappa shape index (κ3) is 5.58. The van der Waals surface area contributed by atoms with Gasteiger partial charge in [-0.25, -0.2) is 4.79 Å². The summed E-state index contributed by atoms with van der Waals surface area (Å²) in [6, 6.07) is -0.681. The van der Waals surface area contributed by atoms with Gasteiger partial charge in [0.25, 0.3) is 0 Å². The number of rotatable bonds is 4. The molecule has 0 aliphatic heterocycles. The number of ether oxygens (including phenoxy) is 1. The first-order chi connectivity index (χ1) is 7.17. The Kier molecular flexibility index (Phi) is 5.27. The Hall–Kier alpha value is -1.26. The SMILES string of the molecule is CCC(C)[C@H](NC(=O)OC(C)(C)C)C(N)=O. The molecule has 5 heteroatoms. The van der Waals surface area contributed by atoms with Crippen molar-refractivity contribution in [3.63, 3.8) is 0 Å². The van der Waals surface area contributed by atoms with E-state index in [1.807, 2.05) is 13.8 Å². The molecule has 0 saturated carbocycles. The van der Waals surface area contributed by atoms with Crippen molar-refractivity contribution in [1.82, 2.24) is 5.32 Å². The van der Waals surface area contributed by atoms with Gasteiger partial charge >= 0.3 is 6.09 Å². The summed E-state index contributed by atoms with van der Waals surface area (Å²) in [6.07, 6.45) is 0.139. The molecular formula is C11H22N2O3. The minimum Gasteiger partial charge on any atom is -0.444 e. The Labute approximate surface area is 96.7 Å². The Morgan fingerprint density at radius 2 is 1.88 bits per heavy atom. The van der Waals surface area contributed by atoms with Crippen molar-refractivity contribution >= 4 is 12.0 Å². The van der Waals surface area contributed by atoms with Crippen LogP contribution in [0.1, 0.15) is 41.0 Å². The van der Waals surface area contributed by atoms with Gasteiger partial charge in [0.05, 0.1) is 0 Å². The van der Waals surface area contributed by atoms with E-state index in [9.17, 15) is 9.59 Å². The Balaban J connectivity index is 4.42. The molecule has 0 bridgehead atoms. The van der Waals surface area contributed by atoms with Gasteiger partial charge in [0.15, 0.2) is 0 Å². The fourth-order valence-corrected chi connectivity index (χ4v) is 1.16. The zero-order valence-corrected chi connectivity index (χ0v) is 10.7. The molecule has 0 aromatic carbocycles. The van der Waals surface area contributed by atoms with Crippen LogP contribution < -0.4 is 11.1 Å². The summed E-state index contributed by atoms with van der Waals surface area (Å²) in [5.74, 6) is -0.551. The van der Waals surface area contributed by atoms with Crippen molar-refractivity contribution < 1.29 is 14.3 Å². The molecule has 0 aliphatic rings. The van der Waals surface area contributed by atoms with E-state index in [-0.39, 0.29) is 5.92 Å². The Morgan fingerprint density at radius 1 is 1.38 bits per heavy atom. The number of carbonyl (C=O) groups is 2. The molecule has 0 spiro atoms. The van der Waals surface area contributed by atoms with Crippen molar-refractivity contribution in [3.8, 4) is 0 Å². The van der Waals surface area contributed by atoms with Crippen molar-refractivity contribution in [1.29, 1.82) is 0 Å². The summed E-state index contributed by atoms with van der Waals surface area (Å²) in [5, 5.41) is 2.49. The number of nitrogens with two attached hydrogens (primary N) is 1. The fourth-order valence-electron chi connectivity index (χ4n) is 1.16.